The van der Waals surface area contributed by atoms with E-state index in [0.717, 1.165) is 25.7 Å². The fraction of sp³-hybridized carbons (Fsp3) is 0.462. The summed E-state index contributed by atoms with van der Waals surface area (Å²) in [5.41, 5.74) is 0.502. The first-order valence-electron chi connectivity index (χ1n) is 5.71. The lowest BCUT2D eigenvalue weighted by Crippen LogP contribution is -2.16. The van der Waals surface area contributed by atoms with Crippen LogP contribution in [-0.2, 0) is 4.74 Å². The van der Waals surface area contributed by atoms with Crippen molar-refractivity contribution >= 4 is 6.29 Å². The van der Waals surface area contributed by atoms with Crippen molar-refractivity contribution in [1.29, 1.82) is 0 Å². The van der Waals surface area contributed by atoms with E-state index in [-0.39, 0.29) is 6.10 Å². The average Bonchev–Trinajstić information content (AvgIpc) is 2.89. The molecule has 1 heterocycles. The van der Waals surface area contributed by atoms with Crippen molar-refractivity contribution in [3.63, 3.8) is 0 Å². The van der Waals surface area contributed by atoms with Crippen LogP contribution in [0.5, 0.6) is 11.5 Å². The molecule has 0 saturated carbocycles. The highest BCUT2D eigenvalue weighted by Gasteiger charge is 2.16. The molecule has 0 radical (unpaired) electrons. The Bertz CT molecular complexity index is 383. The van der Waals surface area contributed by atoms with E-state index >= 15 is 0 Å². The van der Waals surface area contributed by atoms with Crippen molar-refractivity contribution in [2.75, 3.05) is 20.3 Å². The van der Waals surface area contributed by atoms with Crippen LogP contribution < -0.4 is 9.47 Å². The number of ether oxygens (including phenoxy) is 3. The van der Waals surface area contributed by atoms with Gasteiger partial charge in [0.05, 0.1) is 18.8 Å². The normalized spacial score (nSPS) is 19.0. The van der Waals surface area contributed by atoms with Crippen molar-refractivity contribution in [3.05, 3.63) is 23.8 Å². The van der Waals surface area contributed by atoms with Crippen LogP contribution in [0.4, 0.5) is 0 Å². The summed E-state index contributed by atoms with van der Waals surface area (Å²) in [5, 5.41) is 0. The smallest absolute Gasteiger partial charge is 0.153 e. The molecule has 1 aromatic rings. The topological polar surface area (TPSA) is 44.8 Å². The lowest BCUT2D eigenvalue weighted by Gasteiger charge is -2.13. The zero-order chi connectivity index (χ0) is 12.1. The van der Waals surface area contributed by atoms with E-state index in [1.54, 1.807) is 25.3 Å². The Labute approximate surface area is 100 Å². The molecule has 4 nitrogen and oxygen atoms in total. The highest BCUT2D eigenvalue weighted by atomic mass is 16.5. The lowest BCUT2D eigenvalue weighted by atomic mass is 10.2. The molecule has 4 heteroatoms. The minimum atomic E-state index is 0.150. The first-order valence-corrected chi connectivity index (χ1v) is 5.71. The number of hydrogen-bond acceptors (Lipinski definition) is 4. The molecule has 0 N–H and O–H groups in total. The summed E-state index contributed by atoms with van der Waals surface area (Å²) < 4.78 is 16.1. The SMILES string of the molecule is COc1ccc(OCC2CCCO2)c(C=O)c1. The molecule has 1 aliphatic heterocycles. The molecule has 17 heavy (non-hydrogen) atoms. The van der Waals surface area contributed by atoms with E-state index in [1.165, 1.54) is 0 Å². The Balaban J connectivity index is 2.01. The second-order valence-corrected chi connectivity index (χ2v) is 3.97. The molecule has 0 aromatic heterocycles. The fourth-order valence-electron chi connectivity index (χ4n) is 1.84. The summed E-state index contributed by atoms with van der Waals surface area (Å²) in [6.45, 7) is 1.30. The maximum atomic E-state index is 10.9. The minimum Gasteiger partial charge on any atom is -0.497 e. The van der Waals surface area contributed by atoms with E-state index in [2.05, 4.69) is 0 Å². The summed E-state index contributed by atoms with van der Waals surface area (Å²) in [7, 11) is 1.57. The summed E-state index contributed by atoms with van der Waals surface area (Å²) in [5.74, 6) is 1.23. The molecule has 1 unspecified atom stereocenters. The van der Waals surface area contributed by atoms with Gasteiger partial charge in [-0.15, -0.1) is 0 Å². The van der Waals surface area contributed by atoms with Gasteiger partial charge in [0, 0.05) is 6.61 Å². The lowest BCUT2D eigenvalue weighted by molar-refractivity contribution is 0.0675. The molecule has 0 spiro atoms. The molecule has 1 atom stereocenters. The van der Waals surface area contributed by atoms with Gasteiger partial charge < -0.3 is 14.2 Å². The highest BCUT2D eigenvalue weighted by molar-refractivity contribution is 5.80. The van der Waals surface area contributed by atoms with Crippen molar-refractivity contribution in [2.24, 2.45) is 0 Å². The molecule has 2 rings (SSSR count). The summed E-state index contributed by atoms with van der Waals surface area (Å²) in [6, 6.07) is 5.19. The molecule has 0 bridgehead atoms. The van der Waals surface area contributed by atoms with Gasteiger partial charge in [-0.25, -0.2) is 0 Å². The van der Waals surface area contributed by atoms with Crippen LogP contribution in [0.25, 0.3) is 0 Å². The van der Waals surface area contributed by atoms with E-state index in [4.69, 9.17) is 14.2 Å². The highest BCUT2D eigenvalue weighted by Crippen LogP contribution is 2.23. The van der Waals surface area contributed by atoms with Crippen molar-refractivity contribution in [1.82, 2.24) is 0 Å². The number of benzene rings is 1. The van der Waals surface area contributed by atoms with Crippen LogP contribution in [0, 0.1) is 0 Å². The van der Waals surface area contributed by atoms with Crippen LogP contribution in [0.15, 0.2) is 18.2 Å². The van der Waals surface area contributed by atoms with Gasteiger partial charge >= 0.3 is 0 Å². The Hall–Kier alpha value is -1.55. The zero-order valence-corrected chi connectivity index (χ0v) is 9.85. The zero-order valence-electron chi connectivity index (χ0n) is 9.85. The van der Waals surface area contributed by atoms with Gasteiger partial charge in [0.15, 0.2) is 6.29 Å². The van der Waals surface area contributed by atoms with Gasteiger partial charge in [-0.05, 0) is 31.0 Å². The number of rotatable bonds is 5. The molecule has 0 aliphatic carbocycles. The van der Waals surface area contributed by atoms with Crippen molar-refractivity contribution in [2.45, 2.75) is 18.9 Å². The number of carbonyl (C=O) groups excluding carboxylic acids is 1. The average molecular weight is 236 g/mol. The predicted molar refractivity (Wildman–Crippen MR) is 62.9 cm³/mol. The third-order valence-corrected chi connectivity index (χ3v) is 2.79. The molecular weight excluding hydrogens is 220 g/mol. The van der Waals surface area contributed by atoms with Gasteiger partial charge in [-0.1, -0.05) is 0 Å². The van der Waals surface area contributed by atoms with Crippen LogP contribution >= 0.6 is 0 Å². The van der Waals surface area contributed by atoms with E-state index < -0.39 is 0 Å². The summed E-state index contributed by atoms with van der Waals surface area (Å²) >= 11 is 0. The standard InChI is InChI=1S/C13H16O4/c1-15-11-4-5-13(10(7-11)8-14)17-9-12-3-2-6-16-12/h4-5,7-8,12H,2-3,6,9H2,1H3. The maximum Gasteiger partial charge on any atom is 0.153 e. The second kappa shape index (κ2) is 5.68. The monoisotopic (exact) mass is 236 g/mol. The van der Waals surface area contributed by atoms with Crippen LogP contribution in [-0.4, -0.2) is 32.7 Å². The largest absolute Gasteiger partial charge is 0.497 e. The molecular formula is C13H16O4. The number of hydrogen-bond donors (Lipinski definition) is 0. The molecule has 1 aromatic carbocycles. The first-order chi connectivity index (χ1) is 8.33. The van der Waals surface area contributed by atoms with Gasteiger partial charge in [0.1, 0.15) is 18.1 Å². The van der Waals surface area contributed by atoms with Gasteiger partial charge in [-0.2, -0.15) is 0 Å². The number of methoxy groups -OCH3 is 1. The van der Waals surface area contributed by atoms with Gasteiger partial charge in [0.2, 0.25) is 0 Å². The molecule has 1 saturated heterocycles. The second-order valence-electron chi connectivity index (χ2n) is 3.97. The van der Waals surface area contributed by atoms with Crippen LogP contribution in [0.2, 0.25) is 0 Å². The van der Waals surface area contributed by atoms with Crippen molar-refractivity contribution < 1.29 is 19.0 Å². The molecule has 1 aliphatic rings. The Kier molecular flexibility index (Phi) is 3.98. The van der Waals surface area contributed by atoms with Crippen molar-refractivity contribution in [3.8, 4) is 11.5 Å². The first kappa shape index (κ1) is 11.9. The number of carbonyl (C=O) groups is 1. The third-order valence-electron chi connectivity index (χ3n) is 2.79. The Morgan fingerprint density at radius 3 is 3.06 bits per heavy atom. The van der Waals surface area contributed by atoms with E-state index in [0.29, 0.717) is 23.7 Å². The van der Waals surface area contributed by atoms with E-state index in [9.17, 15) is 4.79 Å². The summed E-state index contributed by atoms with van der Waals surface area (Å²) in [6.07, 6.45) is 3.02. The summed E-state index contributed by atoms with van der Waals surface area (Å²) in [4.78, 5) is 10.9. The molecule has 0 amide bonds. The van der Waals surface area contributed by atoms with E-state index in [1.807, 2.05) is 0 Å². The predicted octanol–water partition coefficient (Wildman–Crippen LogP) is 2.07. The maximum absolute atomic E-state index is 10.9. The Morgan fingerprint density at radius 1 is 1.53 bits per heavy atom. The quantitative estimate of drug-likeness (QED) is 0.734. The van der Waals surface area contributed by atoms with Gasteiger partial charge in [-0.3, -0.25) is 4.79 Å². The molecule has 1 fully saturated rings. The van der Waals surface area contributed by atoms with Crippen LogP contribution in [0.3, 0.4) is 0 Å². The molecule has 92 valence electrons. The fourth-order valence-corrected chi connectivity index (χ4v) is 1.84. The third kappa shape index (κ3) is 2.97. The number of aldehydes is 1. The Morgan fingerprint density at radius 2 is 2.41 bits per heavy atom. The minimum absolute atomic E-state index is 0.150. The van der Waals surface area contributed by atoms with Crippen LogP contribution in [0.1, 0.15) is 23.2 Å². The van der Waals surface area contributed by atoms with Gasteiger partial charge in [0.25, 0.3) is 0 Å².